The highest BCUT2D eigenvalue weighted by molar-refractivity contribution is 7.90. The summed E-state index contributed by atoms with van der Waals surface area (Å²) in [7, 11) is -3.24. The van der Waals surface area contributed by atoms with E-state index < -0.39 is 9.84 Å². The molecule has 0 saturated heterocycles. The molecule has 2 aromatic heterocycles. The first-order valence-electron chi connectivity index (χ1n) is 4.42. The fourth-order valence-corrected chi connectivity index (χ4v) is 1.74. The van der Waals surface area contributed by atoms with Crippen LogP contribution in [0, 0.1) is 0 Å². The number of sulfone groups is 1. The van der Waals surface area contributed by atoms with Crippen LogP contribution in [0.3, 0.4) is 0 Å². The third kappa shape index (κ3) is 2.03. The van der Waals surface area contributed by atoms with Crippen molar-refractivity contribution >= 4 is 15.5 Å². The molecule has 0 atom stereocenters. The Bertz CT molecular complexity index is 618. The van der Waals surface area contributed by atoms with Gasteiger partial charge >= 0.3 is 0 Å². The first kappa shape index (κ1) is 10.6. The molecule has 0 radical (unpaired) electrons. The van der Waals surface area contributed by atoms with E-state index >= 15 is 0 Å². The molecule has 6 nitrogen and oxygen atoms in total. The Morgan fingerprint density at radius 2 is 2.06 bits per heavy atom. The minimum atomic E-state index is -3.24. The molecule has 2 aromatic rings. The second-order valence-electron chi connectivity index (χ2n) is 3.37. The van der Waals surface area contributed by atoms with Crippen molar-refractivity contribution in [3.63, 3.8) is 0 Å². The lowest BCUT2D eigenvalue weighted by Crippen LogP contribution is -1.98. The van der Waals surface area contributed by atoms with Crippen molar-refractivity contribution in [3.8, 4) is 5.69 Å². The van der Waals surface area contributed by atoms with Gasteiger partial charge in [-0.25, -0.2) is 13.1 Å². The summed E-state index contributed by atoms with van der Waals surface area (Å²) >= 11 is 0. The van der Waals surface area contributed by atoms with Crippen LogP contribution in [-0.4, -0.2) is 29.4 Å². The fraction of sp³-hybridized carbons (Fsp3) is 0.111. The molecule has 2 rings (SSSR count). The Morgan fingerprint density at radius 3 is 2.62 bits per heavy atom. The van der Waals surface area contributed by atoms with Gasteiger partial charge in [-0.05, 0) is 6.07 Å². The number of hydrogen-bond acceptors (Lipinski definition) is 5. The van der Waals surface area contributed by atoms with E-state index in [-0.39, 0.29) is 4.90 Å². The normalized spacial score (nSPS) is 11.6. The van der Waals surface area contributed by atoms with E-state index in [0.29, 0.717) is 11.4 Å². The molecule has 0 amide bonds. The minimum absolute atomic E-state index is 0.162. The largest absolute Gasteiger partial charge is 0.397 e. The Balaban J connectivity index is 2.47. The molecule has 0 spiro atoms. The predicted molar refractivity (Wildman–Crippen MR) is 58.9 cm³/mol. The summed E-state index contributed by atoms with van der Waals surface area (Å²) < 4.78 is 23.9. The number of anilines is 1. The van der Waals surface area contributed by atoms with Gasteiger partial charge < -0.3 is 5.73 Å². The molecule has 0 unspecified atom stereocenters. The van der Waals surface area contributed by atoms with E-state index in [1.165, 1.54) is 23.3 Å². The Kier molecular flexibility index (Phi) is 2.39. The highest BCUT2D eigenvalue weighted by Crippen LogP contribution is 2.12. The Labute approximate surface area is 92.6 Å². The zero-order valence-corrected chi connectivity index (χ0v) is 9.35. The van der Waals surface area contributed by atoms with E-state index in [1.54, 1.807) is 12.3 Å². The lowest BCUT2D eigenvalue weighted by atomic mass is 10.4. The molecule has 7 heteroatoms. The summed E-state index contributed by atoms with van der Waals surface area (Å²) in [5.41, 5.74) is 6.68. The summed E-state index contributed by atoms with van der Waals surface area (Å²) in [6.07, 6.45) is 6.90. The van der Waals surface area contributed by atoms with Gasteiger partial charge in [-0.3, -0.25) is 4.98 Å². The molecular weight excluding hydrogens is 228 g/mol. The summed E-state index contributed by atoms with van der Waals surface area (Å²) in [6.45, 7) is 0. The lowest BCUT2D eigenvalue weighted by Gasteiger charge is -2.00. The van der Waals surface area contributed by atoms with E-state index in [4.69, 9.17) is 5.73 Å². The highest BCUT2D eigenvalue weighted by Gasteiger charge is 2.10. The second kappa shape index (κ2) is 3.60. The smallest absolute Gasteiger partial charge is 0.178 e. The molecular formula is C9H10N4O2S. The number of aromatic nitrogens is 3. The monoisotopic (exact) mass is 238 g/mol. The van der Waals surface area contributed by atoms with Crippen LogP contribution in [0.5, 0.6) is 0 Å². The van der Waals surface area contributed by atoms with E-state index in [0.717, 1.165) is 6.26 Å². The zero-order valence-electron chi connectivity index (χ0n) is 8.53. The van der Waals surface area contributed by atoms with Gasteiger partial charge in [-0.15, -0.1) is 0 Å². The van der Waals surface area contributed by atoms with Gasteiger partial charge in [0.25, 0.3) is 0 Å². The van der Waals surface area contributed by atoms with Crippen LogP contribution in [-0.2, 0) is 9.84 Å². The quantitative estimate of drug-likeness (QED) is 0.810. The van der Waals surface area contributed by atoms with E-state index in [2.05, 4.69) is 10.1 Å². The predicted octanol–water partition coefficient (Wildman–Crippen LogP) is 0.253. The lowest BCUT2D eigenvalue weighted by molar-refractivity contribution is 0.602. The molecule has 84 valence electrons. The van der Waals surface area contributed by atoms with Crippen molar-refractivity contribution in [3.05, 3.63) is 30.9 Å². The van der Waals surface area contributed by atoms with Crippen LogP contribution in [0.15, 0.2) is 35.7 Å². The minimum Gasteiger partial charge on any atom is -0.397 e. The number of hydrogen-bond donors (Lipinski definition) is 1. The van der Waals surface area contributed by atoms with Crippen LogP contribution in [0.1, 0.15) is 0 Å². The maximum Gasteiger partial charge on any atom is 0.178 e. The average molecular weight is 238 g/mol. The van der Waals surface area contributed by atoms with Gasteiger partial charge in [0.15, 0.2) is 9.84 Å². The first-order chi connectivity index (χ1) is 7.47. The molecule has 2 heterocycles. The summed E-state index contributed by atoms with van der Waals surface area (Å²) in [5, 5.41) is 3.94. The van der Waals surface area contributed by atoms with Gasteiger partial charge in [0.1, 0.15) is 4.90 Å². The number of nitrogen functional groups attached to an aromatic ring is 1. The maximum absolute atomic E-state index is 11.3. The van der Waals surface area contributed by atoms with Crippen molar-refractivity contribution in [1.82, 2.24) is 14.8 Å². The van der Waals surface area contributed by atoms with Crippen molar-refractivity contribution in [2.45, 2.75) is 4.90 Å². The molecule has 0 aromatic carbocycles. The van der Waals surface area contributed by atoms with Crippen LogP contribution in [0.25, 0.3) is 5.69 Å². The third-order valence-electron chi connectivity index (χ3n) is 2.00. The average Bonchev–Trinajstić information content (AvgIpc) is 2.65. The van der Waals surface area contributed by atoms with Crippen molar-refractivity contribution in [2.24, 2.45) is 0 Å². The number of rotatable bonds is 2. The molecule has 0 saturated carbocycles. The standard InChI is InChI=1S/C9H10N4O2S/c1-16(14,15)9-5-12-13(6-9)8-2-7(10)3-11-4-8/h2-6H,10H2,1H3. The Morgan fingerprint density at radius 1 is 1.31 bits per heavy atom. The number of nitrogens with zero attached hydrogens (tertiary/aromatic N) is 3. The summed E-state index contributed by atoms with van der Waals surface area (Å²) in [6, 6.07) is 1.66. The van der Waals surface area contributed by atoms with Crippen molar-refractivity contribution < 1.29 is 8.42 Å². The fourth-order valence-electron chi connectivity index (χ4n) is 1.21. The maximum atomic E-state index is 11.3. The topological polar surface area (TPSA) is 90.9 Å². The Hall–Kier alpha value is -1.89. The van der Waals surface area contributed by atoms with Crippen molar-refractivity contribution in [1.29, 1.82) is 0 Å². The van der Waals surface area contributed by atoms with Crippen LogP contribution in [0.4, 0.5) is 5.69 Å². The first-order valence-corrected chi connectivity index (χ1v) is 6.31. The van der Waals surface area contributed by atoms with Gasteiger partial charge in [0.2, 0.25) is 0 Å². The molecule has 0 aliphatic rings. The van der Waals surface area contributed by atoms with Crippen LogP contribution < -0.4 is 5.73 Å². The summed E-state index contributed by atoms with van der Waals surface area (Å²) in [4.78, 5) is 4.06. The van der Waals surface area contributed by atoms with Gasteiger partial charge in [-0.1, -0.05) is 0 Å². The SMILES string of the molecule is CS(=O)(=O)c1cnn(-c2cncc(N)c2)c1. The van der Waals surface area contributed by atoms with Gasteiger partial charge in [-0.2, -0.15) is 5.10 Å². The van der Waals surface area contributed by atoms with Gasteiger partial charge in [0.05, 0.1) is 23.8 Å². The third-order valence-corrected chi connectivity index (χ3v) is 3.06. The highest BCUT2D eigenvalue weighted by atomic mass is 32.2. The van der Waals surface area contributed by atoms with E-state index in [9.17, 15) is 8.42 Å². The molecule has 0 bridgehead atoms. The van der Waals surface area contributed by atoms with Crippen LogP contribution >= 0.6 is 0 Å². The number of nitrogens with two attached hydrogens (primary N) is 1. The van der Waals surface area contributed by atoms with Crippen molar-refractivity contribution in [2.75, 3.05) is 12.0 Å². The van der Waals surface area contributed by atoms with E-state index in [1.807, 2.05) is 0 Å². The van der Waals surface area contributed by atoms with Gasteiger partial charge in [0, 0.05) is 18.6 Å². The molecule has 16 heavy (non-hydrogen) atoms. The summed E-state index contributed by atoms with van der Waals surface area (Å²) in [5.74, 6) is 0. The molecule has 0 aliphatic heterocycles. The second-order valence-corrected chi connectivity index (χ2v) is 5.38. The molecule has 0 fully saturated rings. The zero-order chi connectivity index (χ0) is 11.8. The van der Waals surface area contributed by atoms with Crippen LogP contribution in [0.2, 0.25) is 0 Å². The molecule has 2 N–H and O–H groups in total. The molecule has 0 aliphatic carbocycles. The number of pyridine rings is 1.